The Morgan fingerprint density at radius 1 is 1.50 bits per heavy atom. The fourth-order valence-electron chi connectivity index (χ4n) is 1.16. The van der Waals surface area contributed by atoms with Crippen molar-refractivity contribution < 1.29 is 27.6 Å². The molecular formula is C8H6BrF3N2O4. The highest BCUT2D eigenvalue weighted by molar-refractivity contribution is 9.08. The number of nitro groups is 1. The summed E-state index contributed by atoms with van der Waals surface area (Å²) < 4.78 is 44.9. The summed E-state index contributed by atoms with van der Waals surface area (Å²) in [7, 11) is 1.08. The maximum Gasteiger partial charge on any atom is 0.573 e. The molecule has 1 heterocycles. The van der Waals surface area contributed by atoms with Crippen LogP contribution in [0.5, 0.6) is 11.5 Å². The summed E-state index contributed by atoms with van der Waals surface area (Å²) in [4.78, 5) is 12.8. The van der Waals surface area contributed by atoms with Crippen molar-refractivity contribution in [2.45, 2.75) is 11.7 Å². The molecule has 1 aromatic rings. The molecule has 0 unspecified atom stereocenters. The summed E-state index contributed by atoms with van der Waals surface area (Å²) in [5.74, 6) is -2.51. The normalized spacial score (nSPS) is 11.2. The predicted molar refractivity (Wildman–Crippen MR) is 56.8 cm³/mol. The van der Waals surface area contributed by atoms with Crippen LogP contribution in [0.2, 0.25) is 0 Å². The van der Waals surface area contributed by atoms with Gasteiger partial charge in [0.1, 0.15) is 6.20 Å². The quantitative estimate of drug-likeness (QED) is 0.482. The van der Waals surface area contributed by atoms with E-state index in [-0.39, 0.29) is 16.6 Å². The van der Waals surface area contributed by atoms with Crippen LogP contribution in [0.25, 0.3) is 0 Å². The van der Waals surface area contributed by atoms with Crippen molar-refractivity contribution in [3.05, 3.63) is 21.9 Å². The van der Waals surface area contributed by atoms with Crippen molar-refractivity contribution in [2.75, 3.05) is 7.11 Å². The van der Waals surface area contributed by atoms with Crippen LogP contribution in [0.3, 0.4) is 0 Å². The van der Waals surface area contributed by atoms with Crippen LogP contribution in [0.1, 0.15) is 5.56 Å². The summed E-state index contributed by atoms with van der Waals surface area (Å²) in [6.07, 6.45) is -4.04. The third-order valence-electron chi connectivity index (χ3n) is 1.78. The first-order chi connectivity index (χ1) is 8.30. The molecule has 0 saturated carbocycles. The van der Waals surface area contributed by atoms with Crippen LogP contribution in [-0.2, 0) is 5.33 Å². The Morgan fingerprint density at radius 2 is 2.11 bits per heavy atom. The molecule has 0 N–H and O–H groups in total. The minimum Gasteiger partial charge on any atom is -0.492 e. The minimum absolute atomic E-state index is 0.107. The standard InChI is InChI=1S/C8H6BrF3N2O4/c1-17-5-4(2-9)3-13-7(14(15)16)6(5)18-8(10,11)12/h3H,2H2,1H3. The van der Waals surface area contributed by atoms with Crippen molar-refractivity contribution in [3.63, 3.8) is 0 Å². The van der Waals surface area contributed by atoms with Crippen LogP contribution in [0.4, 0.5) is 19.0 Å². The van der Waals surface area contributed by atoms with Gasteiger partial charge in [-0.3, -0.25) is 0 Å². The number of hydrogen-bond acceptors (Lipinski definition) is 5. The first-order valence-corrected chi connectivity index (χ1v) is 5.44. The first kappa shape index (κ1) is 14.5. The van der Waals surface area contributed by atoms with E-state index in [1.54, 1.807) is 0 Å². The van der Waals surface area contributed by atoms with Gasteiger partial charge in [0, 0.05) is 5.33 Å². The van der Waals surface area contributed by atoms with Gasteiger partial charge in [-0.05, 0) is 9.91 Å². The monoisotopic (exact) mass is 330 g/mol. The molecule has 18 heavy (non-hydrogen) atoms. The van der Waals surface area contributed by atoms with Crippen molar-refractivity contribution >= 4 is 21.7 Å². The van der Waals surface area contributed by atoms with Crippen LogP contribution in [0, 0.1) is 10.1 Å². The molecule has 10 heteroatoms. The smallest absolute Gasteiger partial charge is 0.492 e. The summed E-state index contributed by atoms with van der Waals surface area (Å²) in [6.45, 7) is 0. The number of methoxy groups -OCH3 is 1. The Labute approximate surface area is 107 Å². The van der Waals surface area contributed by atoms with E-state index in [1.807, 2.05) is 0 Å². The zero-order valence-electron chi connectivity index (χ0n) is 8.82. The molecule has 0 atom stereocenters. The van der Waals surface area contributed by atoms with Crippen molar-refractivity contribution in [3.8, 4) is 11.5 Å². The van der Waals surface area contributed by atoms with E-state index in [1.165, 1.54) is 0 Å². The highest BCUT2D eigenvalue weighted by Gasteiger charge is 2.38. The van der Waals surface area contributed by atoms with E-state index in [0.29, 0.717) is 0 Å². The SMILES string of the molecule is COc1c(CBr)cnc([N+](=O)[O-])c1OC(F)(F)F. The average Bonchev–Trinajstić information content (AvgIpc) is 2.25. The lowest BCUT2D eigenvalue weighted by Crippen LogP contribution is -2.19. The molecule has 0 amide bonds. The fourth-order valence-corrected chi connectivity index (χ4v) is 1.56. The Morgan fingerprint density at radius 3 is 2.50 bits per heavy atom. The number of halogens is 4. The molecule has 0 aliphatic heterocycles. The molecule has 1 rings (SSSR count). The van der Waals surface area contributed by atoms with Gasteiger partial charge in [-0.25, -0.2) is 0 Å². The summed E-state index contributed by atoms with van der Waals surface area (Å²) >= 11 is 3.00. The number of alkyl halides is 4. The maximum absolute atomic E-state index is 12.2. The second kappa shape index (κ2) is 5.38. The molecule has 0 radical (unpaired) electrons. The maximum atomic E-state index is 12.2. The van der Waals surface area contributed by atoms with E-state index in [2.05, 4.69) is 25.7 Å². The largest absolute Gasteiger partial charge is 0.573 e. The zero-order valence-corrected chi connectivity index (χ0v) is 10.4. The summed E-state index contributed by atoms with van der Waals surface area (Å²) in [6, 6.07) is 0. The topological polar surface area (TPSA) is 74.5 Å². The van der Waals surface area contributed by atoms with E-state index in [4.69, 9.17) is 4.74 Å². The predicted octanol–water partition coefficient (Wildman–Crippen LogP) is 2.79. The summed E-state index contributed by atoms with van der Waals surface area (Å²) in [5.41, 5.74) is 0.197. The van der Waals surface area contributed by atoms with Gasteiger partial charge in [-0.2, -0.15) is 0 Å². The number of aromatic nitrogens is 1. The van der Waals surface area contributed by atoms with E-state index in [0.717, 1.165) is 13.3 Å². The van der Waals surface area contributed by atoms with E-state index >= 15 is 0 Å². The summed E-state index contributed by atoms with van der Waals surface area (Å²) in [5, 5.41) is 10.7. The van der Waals surface area contributed by atoms with Gasteiger partial charge in [0.25, 0.3) is 5.75 Å². The van der Waals surface area contributed by atoms with Gasteiger partial charge in [0.2, 0.25) is 0 Å². The number of rotatable bonds is 4. The number of ether oxygens (including phenoxy) is 2. The van der Waals surface area contributed by atoms with Gasteiger partial charge < -0.3 is 19.6 Å². The number of nitrogens with zero attached hydrogens (tertiary/aromatic N) is 2. The van der Waals surface area contributed by atoms with E-state index in [9.17, 15) is 23.3 Å². The highest BCUT2D eigenvalue weighted by atomic mass is 79.9. The van der Waals surface area contributed by atoms with Crippen LogP contribution in [-0.4, -0.2) is 23.4 Å². The molecule has 0 fully saturated rings. The zero-order chi connectivity index (χ0) is 13.9. The lowest BCUT2D eigenvalue weighted by Gasteiger charge is -2.13. The molecule has 0 saturated heterocycles. The molecule has 0 aliphatic carbocycles. The van der Waals surface area contributed by atoms with Crippen molar-refractivity contribution in [1.29, 1.82) is 0 Å². The molecule has 1 aromatic heterocycles. The molecule has 100 valence electrons. The molecule has 0 aliphatic rings. The highest BCUT2D eigenvalue weighted by Crippen LogP contribution is 2.41. The Hall–Kier alpha value is -1.58. The third-order valence-corrected chi connectivity index (χ3v) is 2.39. The van der Waals surface area contributed by atoms with Gasteiger partial charge in [-0.1, -0.05) is 15.9 Å². The number of hydrogen-bond donors (Lipinski definition) is 0. The third kappa shape index (κ3) is 3.22. The van der Waals surface area contributed by atoms with Crippen LogP contribution >= 0.6 is 15.9 Å². The molecule has 0 aromatic carbocycles. The van der Waals surface area contributed by atoms with Crippen LogP contribution in [0.15, 0.2) is 6.20 Å². The van der Waals surface area contributed by atoms with Crippen molar-refractivity contribution in [2.24, 2.45) is 0 Å². The van der Waals surface area contributed by atoms with Gasteiger partial charge in [0.15, 0.2) is 5.75 Å². The first-order valence-electron chi connectivity index (χ1n) is 4.32. The van der Waals surface area contributed by atoms with Gasteiger partial charge in [-0.15, -0.1) is 13.2 Å². The Balaban J connectivity index is 3.43. The fraction of sp³-hybridized carbons (Fsp3) is 0.375. The molecular weight excluding hydrogens is 325 g/mol. The van der Waals surface area contributed by atoms with Gasteiger partial charge >= 0.3 is 12.2 Å². The second-order valence-electron chi connectivity index (χ2n) is 2.91. The Kier molecular flexibility index (Phi) is 4.33. The number of pyridine rings is 1. The second-order valence-corrected chi connectivity index (χ2v) is 3.47. The minimum atomic E-state index is -5.08. The lowest BCUT2D eigenvalue weighted by molar-refractivity contribution is -0.393. The van der Waals surface area contributed by atoms with Gasteiger partial charge in [0.05, 0.1) is 12.7 Å². The van der Waals surface area contributed by atoms with Crippen LogP contribution < -0.4 is 9.47 Å². The molecule has 0 bridgehead atoms. The molecule has 0 spiro atoms. The molecule has 6 nitrogen and oxygen atoms in total. The van der Waals surface area contributed by atoms with Crippen molar-refractivity contribution in [1.82, 2.24) is 4.98 Å². The lowest BCUT2D eigenvalue weighted by atomic mass is 10.2. The Bertz CT molecular complexity index is 466. The average molecular weight is 331 g/mol. The van der Waals surface area contributed by atoms with E-state index < -0.39 is 22.9 Å².